The Morgan fingerprint density at radius 3 is 2.55 bits per heavy atom. The first-order valence-corrected chi connectivity index (χ1v) is 7.39. The average Bonchev–Trinajstić information content (AvgIpc) is 2.48. The summed E-state index contributed by atoms with van der Waals surface area (Å²) in [5.41, 5.74) is 0.711. The normalized spacial score (nSPS) is 10.3. The topological polar surface area (TPSA) is 38.3 Å². The van der Waals surface area contributed by atoms with Gasteiger partial charge in [0.05, 0.1) is 13.0 Å². The molecule has 0 aliphatic carbocycles. The van der Waals surface area contributed by atoms with Crippen LogP contribution >= 0.6 is 23.2 Å². The maximum absolute atomic E-state index is 12.7. The molecule has 0 bridgehead atoms. The van der Waals surface area contributed by atoms with Gasteiger partial charge < -0.3 is 10.1 Å². The highest BCUT2D eigenvalue weighted by atomic mass is 35.5. The molecule has 0 atom stereocenters. The van der Waals surface area contributed by atoms with Crippen molar-refractivity contribution in [3.05, 3.63) is 63.9 Å². The molecule has 0 radical (unpaired) electrons. The standard InChI is InChI=1S/C16H14Cl2FNO2/c17-12-2-1-11(15(18)10-12)9-16(21)20-7-8-22-14-5-3-13(19)4-6-14/h1-6,10H,7-9H2,(H,20,21). The number of amides is 1. The third-order valence-electron chi connectivity index (χ3n) is 2.87. The van der Waals surface area contributed by atoms with Crippen LogP contribution < -0.4 is 10.1 Å². The fraction of sp³-hybridized carbons (Fsp3) is 0.188. The van der Waals surface area contributed by atoms with Crippen molar-refractivity contribution in [1.82, 2.24) is 5.32 Å². The van der Waals surface area contributed by atoms with Gasteiger partial charge in [0.1, 0.15) is 18.2 Å². The maximum atomic E-state index is 12.7. The number of carbonyl (C=O) groups is 1. The molecule has 2 aromatic rings. The Morgan fingerprint density at radius 1 is 1.14 bits per heavy atom. The van der Waals surface area contributed by atoms with E-state index in [0.29, 0.717) is 34.5 Å². The van der Waals surface area contributed by atoms with E-state index in [-0.39, 0.29) is 18.1 Å². The molecule has 0 saturated heterocycles. The lowest BCUT2D eigenvalue weighted by Crippen LogP contribution is -2.29. The molecule has 1 amide bonds. The van der Waals surface area contributed by atoms with Gasteiger partial charge in [0.15, 0.2) is 0 Å². The number of carbonyl (C=O) groups excluding carboxylic acids is 1. The van der Waals surface area contributed by atoms with Crippen LogP contribution in [-0.4, -0.2) is 19.1 Å². The monoisotopic (exact) mass is 341 g/mol. The van der Waals surface area contributed by atoms with Crippen molar-refractivity contribution in [3.63, 3.8) is 0 Å². The van der Waals surface area contributed by atoms with Gasteiger partial charge >= 0.3 is 0 Å². The summed E-state index contributed by atoms with van der Waals surface area (Å²) in [5, 5.41) is 3.72. The quantitative estimate of drug-likeness (QED) is 0.810. The molecular formula is C16H14Cl2FNO2. The zero-order valence-corrected chi connectivity index (χ0v) is 13.1. The molecule has 0 aliphatic heterocycles. The van der Waals surface area contributed by atoms with Gasteiger partial charge in [-0.3, -0.25) is 4.79 Å². The van der Waals surface area contributed by atoms with Gasteiger partial charge in [-0.25, -0.2) is 4.39 Å². The fourth-order valence-electron chi connectivity index (χ4n) is 1.79. The smallest absolute Gasteiger partial charge is 0.224 e. The molecule has 22 heavy (non-hydrogen) atoms. The largest absolute Gasteiger partial charge is 0.492 e. The number of halogens is 3. The third kappa shape index (κ3) is 5.20. The summed E-state index contributed by atoms with van der Waals surface area (Å²) in [6.07, 6.45) is 0.173. The lowest BCUT2D eigenvalue weighted by atomic mass is 10.1. The molecule has 0 saturated carbocycles. The fourth-order valence-corrected chi connectivity index (χ4v) is 2.27. The Labute approximate surface area is 138 Å². The molecule has 6 heteroatoms. The Bertz CT molecular complexity index is 647. The highest BCUT2D eigenvalue weighted by molar-refractivity contribution is 6.35. The lowest BCUT2D eigenvalue weighted by Gasteiger charge is -2.08. The molecule has 2 aromatic carbocycles. The van der Waals surface area contributed by atoms with Gasteiger partial charge in [-0.2, -0.15) is 0 Å². The van der Waals surface area contributed by atoms with E-state index in [2.05, 4.69) is 5.32 Å². The predicted octanol–water partition coefficient (Wildman–Crippen LogP) is 3.87. The van der Waals surface area contributed by atoms with Gasteiger partial charge in [0, 0.05) is 10.0 Å². The summed E-state index contributed by atoms with van der Waals surface area (Å²) in [5.74, 6) is 0.0730. The molecule has 3 nitrogen and oxygen atoms in total. The van der Waals surface area contributed by atoms with Crippen molar-refractivity contribution >= 4 is 29.1 Å². The number of hydrogen-bond acceptors (Lipinski definition) is 2. The van der Waals surface area contributed by atoms with Crippen LogP contribution in [0.15, 0.2) is 42.5 Å². The molecule has 116 valence electrons. The summed E-state index contributed by atoms with van der Waals surface area (Å²) in [4.78, 5) is 11.8. The Kier molecular flexibility index (Phi) is 6.04. The van der Waals surface area contributed by atoms with E-state index in [1.807, 2.05) is 0 Å². The second kappa shape index (κ2) is 8.01. The summed E-state index contributed by atoms with van der Waals surface area (Å²) >= 11 is 11.8. The van der Waals surface area contributed by atoms with Crippen LogP contribution in [0.1, 0.15) is 5.56 Å². The summed E-state index contributed by atoms with van der Waals surface area (Å²) in [6, 6.07) is 10.7. The third-order valence-corrected chi connectivity index (χ3v) is 3.46. The molecule has 1 N–H and O–H groups in total. The molecule has 2 rings (SSSR count). The second-order valence-corrected chi connectivity index (χ2v) is 5.41. The van der Waals surface area contributed by atoms with Crippen LogP contribution in [0.2, 0.25) is 10.0 Å². The zero-order chi connectivity index (χ0) is 15.9. The van der Waals surface area contributed by atoms with E-state index in [1.165, 1.54) is 24.3 Å². The SMILES string of the molecule is O=C(Cc1ccc(Cl)cc1Cl)NCCOc1ccc(F)cc1. The molecule has 0 aromatic heterocycles. The van der Waals surface area contributed by atoms with Crippen LogP contribution in [0.25, 0.3) is 0 Å². The van der Waals surface area contributed by atoms with Crippen molar-refractivity contribution < 1.29 is 13.9 Å². The van der Waals surface area contributed by atoms with Crippen LogP contribution in [0.3, 0.4) is 0 Å². The first-order chi connectivity index (χ1) is 10.5. The Balaban J connectivity index is 1.72. The predicted molar refractivity (Wildman–Crippen MR) is 85.1 cm³/mol. The Hall–Kier alpha value is -1.78. The number of ether oxygens (including phenoxy) is 1. The van der Waals surface area contributed by atoms with Crippen molar-refractivity contribution in [2.75, 3.05) is 13.2 Å². The highest BCUT2D eigenvalue weighted by Crippen LogP contribution is 2.21. The molecule has 0 heterocycles. The number of hydrogen-bond donors (Lipinski definition) is 1. The molecule has 0 unspecified atom stereocenters. The first kappa shape index (κ1) is 16.6. The van der Waals surface area contributed by atoms with E-state index in [9.17, 15) is 9.18 Å². The summed E-state index contributed by atoms with van der Waals surface area (Å²) in [7, 11) is 0. The van der Waals surface area contributed by atoms with Gasteiger partial charge in [0.25, 0.3) is 0 Å². The summed E-state index contributed by atoms with van der Waals surface area (Å²) in [6.45, 7) is 0.646. The molecule has 0 fully saturated rings. The number of nitrogens with one attached hydrogen (secondary N) is 1. The minimum atomic E-state index is -0.319. The molecule has 0 aliphatic rings. The minimum absolute atomic E-state index is 0.160. The van der Waals surface area contributed by atoms with E-state index in [1.54, 1.807) is 18.2 Å². The van der Waals surface area contributed by atoms with E-state index >= 15 is 0 Å². The average molecular weight is 342 g/mol. The summed E-state index contributed by atoms with van der Waals surface area (Å²) < 4.78 is 18.1. The van der Waals surface area contributed by atoms with Crippen LogP contribution in [0.4, 0.5) is 4.39 Å². The second-order valence-electron chi connectivity index (χ2n) is 4.56. The van der Waals surface area contributed by atoms with E-state index in [4.69, 9.17) is 27.9 Å². The highest BCUT2D eigenvalue weighted by Gasteiger charge is 2.07. The lowest BCUT2D eigenvalue weighted by molar-refractivity contribution is -0.120. The Morgan fingerprint density at radius 2 is 1.86 bits per heavy atom. The van der Waals surface area contributed by atoms with Gasteiger partial charge in [-0.1, -0.05) is 29.3 Å². The number of rotatable bonds is 6. The number of benzene rings is 2. The van der Waals surface area contributed by atoms with Crippen LogP contribution in [-0.2, 0) is 11.2 Å². The zero-order valence-electron chi connectivity index (χ0n) is 11.6. The van der Waals surface area contributed by atoms with Gasteiger partial charge in [0.2, 0.25) is 5.91 Å². The van der Waals surface area contributed by atoms with Crippen LogP contribution in [0.5, 0.6) is 5.75 Å². The molecular weight excluding hydrogens is 328 g/mol. The van der Waals surface area contributed by atoms with Crippen molar-refractivity contribution in [2.45, 2.75) is 6.42 Å². The van der Waals surface area contributed by atoms with Crippen molar-refractivity contribution in [2.24, 2.45) is 0 Å². The van der Waals surface area contributed by atoms with Crippen LogP contribution in [0, 0.1) is 5.82 Å². The maximum Gasteiger partial charge on any atom is 0.224 e. The van der Waals surface area contributed by atoms with Gasteiger partial charge in [-0.15, -0.1) is 0 Å². The minimum Gasteiger partial charge on any atom is -0.492 e. The first-order valence-electron chi connectivity index (χ1n) is 6.63. The van der Waals surface area contributed by atoms with Crippen molar-refractivity contribution in [3.8, 4) is 5.75 Å². The molecule has 0 spiro atoms. The van der Waals surface area contributed by atoms with E-state index in [0.717, 1.165) is 0 Å². The van der Waals surface area contributed by atoms with Gasteiger partial charge in [-0.05, 0) is 42.0 Å². The van der Waals surface area contributed by atoms with Crippen molar-refractivity contribution in [1.29, 1.82) is 0 Å². The van der Waals surface area contributed by atoms with E-state index < -0.39 is 0 Å².